The van der Waals surface area contributed by atoms with Gasteiger partial charge in [-0.25, -0.2) is 0 Å². The molecule has 0 bridgehead atoms. The van der Waals surface area contributed by atoms with E-state index in [-0.39, 0.29) is 0 Å². The number of hydrogen-bond donors (Lipinski definition) is 0. The molecule has 0 heterocycles. The van der Waals surface area contributed by atoms with Gasteiger partial charge in [-0.15, -0.1) is 0 Å². The summed E-state index contributed by atoms with van der Waals surface area (Å²) < 4.78 is 5.32. The summed E-state index contributed by atoms with van der Waals surface area (Å²) in [6.07, 6.45) is 3.39. The van der Waals surface area contributed by atoms with Crippen LogP contribution in [0.5, 0.6) is 0 Å². The van der Waals surface area contributed by atoms with Gasteiger partial charge in [0.25, 0.3) is 0 Å². The fourth-order valence-corrected chi connectivity index (χ4v) is 2.05. The molecular weight excluding hydrogens is 176 g/mol. The molecule has 2 nitrogen and oxygen atoms in total. The van der Waals surface area contributed by atoms with Crippen LogP contribution in [0.15, 0.2) is 24.3 Å². The quantitative estimate of drug-likeness (QED) is 0.664. The van der Waals surface area contributed by atoms with Crippen molar-refractivity contribution in [1.82, 2.24) is 0 Å². The van der Waals surface area contributed by atoms with E-state index in [9.17, 15) is 4.79 Å². The predicted octanol–water partition coefficient (Wildman–Crippen LogP) is 1.76. The standard InChI is InChI=1S/C12H14O2/c1-14-12(9-13)7-6-10-4-2-3-5-11(10)8-12/h2-5,9H,6-8H2,1H3. The largest absolute Gasteiger partial charge is 0.370 e. The van der Waals surface area contributed by atoms with Crippen LogP contribution in [-0.4, -0.2) is 19.0 Å². The molecule has 0 saturated heterocycles. The molecule has 1 atom stereocenters. The van der Waals surface area contributed by atoms with E-state index in [2.05, 4.69) is 12.1 Å². The lowest BCUT2D eigenvalue weighted by Gasteiger charge is -2.32. The van der Waals surface area contributed by atoms with E-state index in [4.69, 9.17) is 4.74 Å². The smallest absolute Gasteiger partial charge is 0.152 e. The molecule has 0 N–H and O–H groups in total. The van der Waals surface area contributed by atoms with Crippen molar-refractivity contribution < 1.29 is 9.53 Å². The van der Waals surface area contributed by atoms with E-state index in [1.807, 2.05) is 12.1 Å². The first-order valence-corrected chi connectivity index (χ1v) is 4.88. The number of ether oxygens (including phenoxy) is 1. The summed E-state index contributed by atoms with van der Waals surface area (Å²) in [6.45, 7) is 0. The molecule has 0 saturated carbocycles. The number of carbonyl (C=O) groups excluding carboxylic acids is 1. The Hall–Kier alpha value is -1.15. The average Bonchev–Trinajstić information content (AvgIpc) is 2.28. The molecule has 74 valence electrons. The van der Waals surface area contributed by atoms with Crippen LogP contribution in [0.2, 0.25) is 0 Å². The van der Waals surface area contributed by atoms with Gasteiger partial charge < -0.3 is 9.53 Å². The lowest BCUT2D eigenvalue weighted by molar-refractivity contribution is -0.128. The minimum absolute atomic E-state index is 0.575. The van der Waals surface area contributed by atoms with E-state index in [0.717, 1.165) is 19.1 Å². The third-order valence-corrected chi connectivity index (χ3v) is 3.05. The molecule has 1 unspecified atom stereocenters. The van der Waals surface area contributed by atoms with Crippen LogP contribution in [0.25, 0.3) is 0 Å². The monoisotopic (exact) mass is 190 g/mol. The summed E-state index contributed by atoms with van der Waals surface area (Å²) in [4.78, 5) is 11.0. The highest BCUT2D eigenvalue weighted by Crippen LogP contribution is 2.29. The van der Waals surface area contributed by atoms with E-state index < -0.39 is 5.60 Å². The Morgan fingerprint density at radius 3 is 2.71 bits per heavy atom. The number of aldehydes is 1. The van der Waals surface area contributed by atoms with Crippen LogP contribution in [-0.2, 0) is 22.4 Å². The summed E-state index contributed by atoms with van der Waals surface area (Å²) in [5.74, 6) is 0. The molecular formula is C12H14O2. The van der Waals surface area contributed by atoms with Gasteiger partial charge in [0.2, 0.25) is 0 Å². The molecule has 1 aromatic rings. The lowest BCUT2D eigenvalue weighted by Crippen LogP contribution is -2.39. The molecule has 0 spiro atoms. The molecule has 0 amide bonds. The highest BCUT2D eigenvalue weighted by atomic mass is 16.5. The van der Waals surface area contributed by atoms with E-state index in [1.165, 1.54) is 11.1 Å². The number of aryl methyl sites for hydroxylation is 1. The van der Waals surface area contributed by atoms with Crippen LogP contribution < -0.4 is 0 Å². The van der Waals surface area contributed by atoms with Crippen molar-refractivity contribution >= 4 is 6.29 Å². The number of rotatable bonds is 2. The Bertz CT molecular complexity index is 346. The minimum Gasteiger partial charge on any atom is -0.370 e. The molecule has 0 aromatic heterocycles. The van der Waals surface area contributed by atoms with Crippen LogP contribution in [0, 0.1) is 0 Å². The van der Waals surface area contributed by atoms with Gasteiger partial charge in [-0.2, -0.15) is 0 Å². The Balaban J connectivity index is 2.32. The van der Waals surface area contributed by atoms with Gasteiger partial charge in [-0.05, 0) is 24.0 Å². The first-order valence-electron chi connectivity index (χ1n) is 4.88. The molecule has 2 rings (SSSR count). The van der Waals surface area contributed by atoms with Crippen LogP contribution in [0.4, 0.5) is 0 Å². The fourth-order valence-electron chi connectivity index (χ4n) is 2.05. The molecule has 2 heteroatoms. The predicted molar refractivity (Wildman–Crippen MR) is 54.3 cm³/mol. The van der Waals surface area contributed by atoms with Crippen molar-refractivity contribution in [3.8, 4) is 0 Å². The second-order valence-electron chi connectivity index (χ2n) is 3.83. The first-order chi connectivity index (χ1) is 6.79. The van der Waals surface area contributed by atoms with Crippen LogP contribution in [0.3, 0.4) is 0 Å². The molecule has 1 aromatic carbocycles. The number of methoxy groups -OCH3 is 1. The maximum absolute atomic E-state index is 11.0. The molecule has 1 aliphatic rings. The van der Waals surface area contributed by atoms with E-state index in [1.54, 1.807) is 7.11 Å². The summed E-state index contributed by atoms with van der Waals surface area (Å²) in [5.41, 5.74) is 2.02. The van der Waals surface area contributed by atoms with E-state index in [0.29, 0.717) is 6.42 Å². The van der Waals surface area contributed by atoms with Crippen LogP contribution >= 0.6 is 0 Å². The average molecular weight is 190 g/mol. The number of fused-ring (bicyclic) bond motifs is 1. The molecule has 1 aliphatic carbocycles. The number of carbonyl (C=O) groups is 1. The Morgan fingerprint density at radius 1 is 1.36 bits per heavy atom. The third-order valence-electron chi connectivity index (χ3n) is 3.05. The Kier molecular flexibility index (Phi) is 2.38. The lowest BCUT2D eigenvalue weighted by atomic mass is 9.81. The van der Waals surface area contributed by atoms with Crippen molar-refractivity contribution in [2.75, 3.05) is 7.11 Å². The number of benzene rings is 1. The molecule has 0 aliphatic heterocycles. The topological polar surface area (TPSA) is 26.3 Å². The molecule has 0 radical (unpaired) electrons. The second-order valence-corrected chi connectivity index (χ2v) is 3.83. The van der Waals surface area contributed by atoms with Crippen molar-refractivity contribution in [1.29, 1.82) is 0 Å². The Morgan fingerprint density at radius 2 is 2.07 bits per heavy atom. The van der Waals surface area contributed by atoms with Crippen LogP contribution in [0.1, 0.15) is 17.5 Å². The SMILES string of the molecule is COC1(C=O)CCc2ccccc2C1. The van der Waals surface area contributed by atoms with Gasteiger partial charge in [0.05, 0.1) is 0 Å². The summed E-state index contributed by atoms with van der Waals surface area (Å²) in [6, 6.07) is 8.25. The highest BCUT2D eigenvalue weighted by molar-refractivity contribution is 5.64. The second kappa shape index (κ2) is 3.54. The van der Waals surface area contributed by atoms with Crippen molar-refractivity contribution in [2.45, 2.75) is 24.9 Å². The van der Waals surface area contributed by atoms with Crippen molar-refractivity contribution in [3.05, 3.63) is 35.4 Å². The third kappa shape index (κ3) is 1.46. The summed E-state index contributed by atoms with van der Waals surface area (Å²) in [5, 5.41) is 0. The first kappa shape index (κ1) is 9.41. The zero-order chi connectivity index (χ0) is 10.0. The Labute approximate surface area is 83.9 Å². The molecule has 0 fully saturated rings. The summed E-state index contributed by atoms with van der Waals surface area (Å²) >= 11 is 0. The maximum atomic E-state index is 11.0. The van der Waals surface area contributed by atoms with Gasteiger partial charge in [-0.1, -0.05) is 24.3 Å². The zero-order valence-corrected chi connectivity index (χ0v) is 8.32. The fraction of sp³-hybridized carbons (Fsp3) is 0.417. The minimum atomic E-state index is -0.575. The van der Waals surface area contributed by atoms with Gasteiger partial charge in [0, 0.05) is 13.5 Å². The number of hydrogen-bond acceptors (Lipinski definition) is 2. The zero-order valence-electron chi connectivity index (χ0n) is 8.32. The van der Waals surface area contributed by atoms with E-state index >= 15 is 0 Å². The van der Waals surface area contributed by atoms with Crippen molar-refractivity contribution in [3.63, 3.8) is 0 Å². The normalized spacial score (nSPS) is 25.5. The van der Waals surface area contributed by atoms with Gasteiger partial charge in [-0.3, -0.25) is 0 Å². The summed E-state index contributed by atoms with van der Waals surface area (Å²) in [7, 11) is 1.61. The van der Waals surface area contributed by atoms with Gasteiger partial charge >= 0.3 is 0 Å². The van der Waals surface area contributed by atoms with Crippen molar-refractivity contribution in [2.24, 2.45) is 0 Å². The maximum Gasteiger partial charge on any atom is 0.152 e. The van der Waals surface area contributed by atoms with Gasteiger partial charge in [0.1, 0.15) is 5.60 Å². The molecule has 14 heavy (non-hydrogen) atoms. The highest BCUT2D eigenvalue weighted by Gasteiger charge is 2.33. The van der Waals surface area contributed by atoms with Gasteiger partial charge in [0.15, 0.2) is 6.29 Å².